The molecule has 3 amide bonds. The zero-order chi connectivity index (χ0) is 27.4. The van der Waals surface area contributed by atoms with Crippen LogP contribution in [0.25, 0.3) is 16.8 Å². The van der Waals surface area contributed by atoms with Gasteiger partial charge >= 0.3 is 0 Å². The molecule has 4 aromatic carbocycles. The van der Waals surface area contributed by atoms with E-state index in [1.54, 1.807) is 30.3 Å². The molecule has 1 aliphatic rings. The number of thioether (sulfide) groups is 1. The molecule has 196 valence electrons. The summed E-state index contributed by atoms with van der Waals surface area (Å²) < 4.78 is 11.1. The van der Waals surface area contributed by atoms with Crippen LogP contribution in [0.15, 0.2) is 89.8 Å². The number of halogens is 1. The lowest BCUT2D eigenvalue weighted by molar-refractivity contribution is -0.123. The third kappa shape index (κ3) is 6.08. The molecule has 1 aliphatic heterocycles. The number of hydrogen-bond acceptors (Lipinski definition) is 6. The van der Waals surface area contributed by atoms with E-state index in [4.69, 9.17) is 21.1 Å². The van der Waals surface area contributed by atoms with Crippen molar-refractivity contribution in [1.29, 1.82) is 0 Å². The average molecular weight is 559 g/mol. The van der Waals surface area contributed by atoms with Gasteiger partial charge in [0.15, 0.2) is 18.1 Å². The SMILES string of the molecule is COc1cc(/C=C2\SC(=O)N(Cc3ccc4ccccc4c3)C2=O)cc(Cl)c1OCC(=O)Nc1ccccc1. The molecule has 39 heavy (non-hydrogen) atoms. The van der Waals surface area contributed by atoms with Crippen molar-refractivity contribution >= 4 is 63.0 Å². The Balaban J connectivity index is 1.29. The maximum Gasteiger partial charge on any atom is 0.293 e. The molecule has 0 unspecified atom stereocenters. The first-order valence-electron chi connectivity index (χ1n) is 12.0. The number of fused-ring (bicyclic) bond motifs is 1. The van der Waals surface area contributed by atoms with Gasteiger partial charge in [-0.25, -0.2) is 0 Å². The lowest BCUT2D eigenvalue weighted by Gasteiger charge is -2.14. The molecule has 0 radical (unpaired) electrons. The summed E-state index contributed by atoms with van der Waals surface area (Å²) >= 11 is 7.32. The molecular formula is C30H23ClN2O5S. The second-order valence-electron chi connectivity index (χ2n) is 8.69. The van der Waals surface area contributed by atoms with Crippen LogP contribution in [0, 0.1) is 0 Å². The fourth-order valence-corrected chi connectivity index (χ4v) is 5.24. The molecule has 0 saturated carbocycles. The van der Waals surface area contributed by atoms with E-state index in [1.165, 1.54) is 12.0 Å². The molecule has 0 aliphatic carbocycles. The minimum absolute atomic E-state index is 0.175. The first-order valence-corrected chi connectivity index (χ1v) is 13.2. The number of nitrogens with one attached hydrogen (secondary N) is 1. The number of methoxy groups -OCH3 is 1. The highest BCUT2D eigenvalue weighted by Crippen LogP contribution is 2.39. The molecule has 4 aromatic rings. The maximum atomic E-state index is 13.1. The number of imide groups is 1. The van der Waals surface area contributed by atoms with Crippen LogP contribution in [-0.2, 0) is 16.1 Å². The van der Waals surface area contributed by atoms with Gasteiger partial charge in [-0.3, -0.25) is 19.3 Å². The third-order valence-corrected chi connectivity index (χ3v) is 7.17. The van der Waals surface area contributed by atoms with Crippen molar-refractivity contribution in [1.82, 2.24) is 4.90 Å². The first-order chi connectivity index (χ1) is 18.9. The van der Waals surface area contributed by atoms with Gasteiger partial charge in [-0.05, 0) is 70.1 Å². The molecule has 0 aromatic heterocycles. The minimum atomic E-state index is -0.383. The number of ether oxygens (including phenoxy) is 2. The van der Waals surface area contributed by atoms with E-state index < -0.39 is 0 Å². The highest BCUT2D eigenvalue weighted by molar-refractivity contribution is 8.18. The molecule has 1 N–H and O–H groups in total. The summed E-state index contributed by atoms with van der Waals surface area (Å²) in [6, 6.07) is 26.0. The van der Waals surface area contributed by atoms with Crippen molar-refractivity contribution in [3.05, 3.63) is 106 Å². The average Bonchev–Trinajstić information content (AvgIpc) is 3.19. The maximum absolute atomic E-state index is 13.1. The van der Waals surface area contributed by atoms with Crippen LogP contribution >= 0.6 is 23.4 Å². The van der Waals surface area contributed by atoms with Gasteiger partial charge in [-0.2, -0.15) is 0 Å². The summed E-state index contributed by atoms with van der Waals surface area (Å²) in [5, 5.41) is 4.71. The molecule has 5 rings (SSSR count). The molecule has 7 nitrogen and oxygen atoms in total. The van der Waals surface area contributed by atoms with Gasteiger partial charge < -0.3 is 14.8 Å². The molecular weight excluding hydrogens is 536 g/mol. The third-order valence-electron chi connectivity index (χ3n) is 5.98. The molecule has 0 atom stereocenters. The van der Waals surface area contributed by atoms with Crippen LogP contribution < -0.4 is 14.8 Å². The zero-order valence-corrected chi connectivity index (χ0v) is 22.4. The standard InChI is InChI=1S/C30H23ClN2O5S/c1-37-25-15-20(14-24(31)28(25)38-18-27(34)32-23-9-3-2-4-10-23)16-26-29(35)33(30(36)39-26)17-19-11-12-21-7-5-6-8-22(21)13-19/h2-16H,17-18H2,1H3,(H,32,34)/b26-16-. The van der Waals surface area contributed by atoms with E-state index in [-0.39, 0.29) is 51.6 Å². The van der Waals surface area contributed by atoms with E-state index in [0.717, 1.165) is 28.1 Å². The fraction of sp³-hybridized carbons (Fsp3) is 0.100. The highest BCUT2D eigenvalue weighted by Gasteiger charge is 2.35. The predicted molar refractivity (Wildman–Crippen MR) is 154 cm³/mol. The number of anilines is 1. The van der Waals surface area contributed by atoms with Gasteiger partial charge in [0.2, 0.25) is 0 Å². The molecule has 0 spiro atoms. The molecule has 1 saturated heterocycles. The fourth-order valence-electron chi connectivity index (χ4n) is 4.13. The van der Waals surface area contributed by atoms with Gasteiger partial charge in [0.25, 0.3) is 17.1 Å². The summed E-state index contributed by atoms with van der Waals surface area (Å²) in [5.74, 6) is -0.254. The number of para-hydroxylation sites is 1. The molecule has 1 fully saturated rings. The number of benzene rings is 4. The van der Waals surface area contributed by atoms with Crippen LogP contribution in [0.5, 0.6) is 11.5 Å². The Morgan fingerprint density at radius 3 is 2.49 bits per heavy atom. The number of hydrogen-bond donors (Lipinski definition) is 1. The lowest BCUT2D eigenvalue weighted by atomic mass is 10.1. The molecule has 9 heteroatoms. The van der Waals surface area contributed by atoms with E-state index in [1.807, 2.05) is 60.7 Å². The number of amides is 3. The Morgan fingerprint density at radius 1 is 0.974 bits per heavy atom. The second kappa shape index (κ2) is 11.6. The summed E-state index contributed by atoms with van der Waals surface area (Å²) in [5.41, 5.74) is 2.06. The Hall–Kier alpha value is -4.27. The van der Waals surface area contributed by atoms with Crippen LogP contribution in [0.1, 0.15) is 11.1 Å². The Labute approximate surface area is 234 Å². The smallest absolute Gasteiger partial charge is 0.293 e. The monoisotopic (exact) mass is 558 g/mol. The van der Waals surface area contributed by atoms with E-state index >= 15 is 0 Å². The summed E-state index contributed by atoms with van der Waals surface area (Å²) in [4.78, 5) is 39.6. The zero-order valence-electron chi connectivity index (χ0n) is 20.8. The van der Waals surface area contributed by atoms with Crippen LogP contribution in [0.3, 0.4) is 0 Å². The number of carbonyl (C=O) groups excluding carboxylic acids is 3. The van der Waals surface area contributed by atoms with Gasteiger partial charge in [0.05, 0.1) is 23.6 Å². The Bertz CT molecular complexity index is 1610. The highest BCUT2D eigenvalue weighted by atomic mass is 35.5. The van der Waals surface area contributed by atoms with Crippen molar-refractivity contribution in [2.75, 3.05) is 19.0 Å². The van der Waals surface area contributed by atoms with E-state index in [2.05, 4.69) is 5.32 Å². The predicted octanol–water partition coefficient (Wildman–Crippen LogP) is 6.76. The second-order valence-corrected chi connectivity index (χ2v) is 10.1. The summed E-state index contributed by atoms with van der Waals surface area (Å²) in [6.45, 7) is -0.104. The normalized spacial score (nSPS) is 14.2. The van der Waals surface area contributed by atoms with Crippen LogP contribution in [-0.4, -0.2) is 35.7 Å². The lowest BCUT2D eigenvalue weighted by Crippen LogP contribution is -2.27. The van der Waals surface area contributed by atoms with Crippen molar-refractivity contribution in [3.8, 4) is 11.5 Å². The topological polar surface area (TPSA) is 84.9 Å². The Kier molecular flexibility index (Phi) is 7.86. The molecule has 0 bridgehead atoms. The van der Waals surface area contributed by atoms with E-state index in [0.29, 0.717) is 11.3 Å². The quantitative estimate of drug-likeness (QED) is 0.241. The van der Waals surface area contributed by atoms with Crippen molar-refractivity contribution in [2.24, 2.45) is 0 Å². The van der Waals surface area contributed by atoms with E-state index in [9.17, 15) is 14.4 Å². The number of nitrogens with zero attached hydrogens (tertiary/aromatic N) is 1. The Morgan fingerprint density at radius 2 is 1.72 bits per heavy atom. The largest absolute Gasteiger partial charge is 0.493 e. The minimum Gasteiger partial charge on any atom is -0.493 e. The van der Waals surface area contributed by atoms with Gasteiger partial charge in [-0.1, -0.05) is 66.2 Å². The summed E-state index contributed by atoms with van der Waals surface area (Å²) in [6.07, 6.45) is 1.59. The summed E-state index contributed by atoms with van der Waals surface area (Å²) in [7, 11) is 1.45. The van der Waals surface area contributed by atoms with Gasteiger partial charge in [0, 0.05) is 5.69 Å². The van der Waals surface area contributed by atoms with Crippen molar-refractivity contribution in [3.63, 3.8) is 0 Å². The van der Waals surface area contributed by atoms with Gasteiger partial charge in [-0.15, -0.1) is 0 Å². The number of rotatable bonds is 8. The van der Waals surface area contributed by atoms with Crippen molar-refractivity contribution in [2.45, 2.75) is 6.54 Å². The van der Waals surface area contributed by atoms with Crippen LogP contribution in [0.2, 0.25) is 5.02 Å². The number of carbonyl (C=O) groups is 3. The van der Waals surface area contributed by atoms with Crippen molar-refractivity contribution < 1.29 is 23.9 Å². The molecule has 1 heterocycles. The van der Waals surface area contributed by atoms with Crippen LogP contribution in [0.4, 0.5) is 10.5 Å². The first kappa shape index (κ1) is 26.3. The van der Waals surface area contributed by atoms with Gasteiger partial charge in [0.1, 0.15) is 0 Å².